The predicted molar refractivity (Wildman–Crippen MR) is 149 cm³/mol. The van der Waals surface area contributed by atoms with Crippen molar-refractivity contribution in [2.24, 2.45) is 0 Å². The van der Waals surface area contributed by atoms with E-state index in [2.05, 4.69) is 26.7 Å². The topological polar surface area (TPSA) is 82.3 Å². The number of pyridine rings is 1. The molecule has 0 spiro atoms. The Morgan fingerprint density at radius 3 is 2.17 bits per heavy atom. The molecular formula is C30H30F3N3O3S. The van der Waals surface area contributed by atoms with Crippen LogP contribution in [0.4, 0.5) is 13.2 Å². The molecule has 0 aliphatic carbocycles. The average Bonchev–Trinajstić information content (AvgIpc) is 2.90. The quantitative estimate of drug-likeness (QED) is 0.305. The number of alkyl halides is 3. The summed E-state index contributed by atoms with van der Waals surface area (Å²) in [7, 11) is -3.53. The van der Waals surface area contributed by atoms with Crippen LogP contribution in [0.3, 0.4) is 0 Å². The molecule has 40 heavy (non-hydrogen) atoms. The number of piperidine rings is 1. The maximum atomic E-state index is 13.5. The summed E-state index contributed by atoms with van der Waals surface area (Å²) in [4.78, 5) is 16.4. The molecule has 4 aromatic rings. The van der Waals surface area contributed by atoms with Gasteiger partial charge in [-0.2, -0.15) is 13.2 Å². The summed E-state index contributed by atoms with van der Waals surface area (Å²) >= 11 is 0. The van der Waals surface area contributed by atoms with Crippen LogP contribution in [0.25, 0.3) is 10.9 Å². The monoisotopic (exact) mass is 569 g/mol. The van der Waals surface area contributed by atoms with Crippen LogP contribution in [0, 0.1) is 0 Å². The number of fused-ring (bicyclic) bond motifs is 1. The second-order valence-corrected chi connectivity index (χ2v) is 12.1. The van der Waals surface area contributed by atoms with E-state index in [4.69, 9.17) is 0 Å². The Morgan fingerprint density at radius 2 is 1.50 bits per heavy atom. The molecule has 1 aliphatic rings. The molecule has 3 aromatic carbocycles. The molecule has 2 N–H and O–H groups in total. The fraction of sp³-hybridized carbons (Fsp3) is 0.300. The number of hydrogen-bond donors (Lipinski definition) is 2. The number of likely N-dealkylation sites (tertiary alicyclic amines) is 1. The first kappa shape index (κ1) is 28.1. The molecule has 0 saturated carbocycles. The molecule has 0 atom stereocenters. The normalized spacial score (nSPS) is 15.5. The van der Waals surface area contributed by atoms with Gasteiger partial charge >= 0.3 is 6.18 Å². The zero-order chi connectivity index (χ0) is 28.3. The van der Waals surface area contributed by atoms with Gasteiger partial charge in [0.25, 0.3) is 0 Å². The van der Waals surface area contributed by atoms with E-state index in [0.29, 0.717) is 23.6 Å². The van der Waals surface area contributed by atoms with Crippen LogP contribution in [-0.4, -0.2) is 37.4 Å². The maximum Gasteiger partial charge on any atom is 0.417 e. The van der Waals surface area contributed by atoms with Gasteiger partial charge in [0.05, 0.1) is 11.3 Å². The second-order valence-electron chi connectivity index (χ2n) is 10.3. The highest BCUT2D eigenvalue weighted by Gasteiger charge is 2.33. The molecule has 10 heteroatoms. The Balaban J connectivity index is 1.18. The van der Waals surface area contributed by atoms with Crippen molar-refractivity contribution in [2.45, 2.75) is 43.8 Å². The van der Waals surface area contributed by atoms with Crippen LogP contribution in [0.1, 0.15) is 40.7 Å². The first-order valence-corrected chi connectivity index (χ1v) is 14.8. The summed E-state index contributed by atoms with van der Waals surface area (Å²) in [6, 6.07) is 22.3. The molecule has 0 bridgehead atoms. The van der Waals surface area contributed by atoms with Crippen LogP contribution in [0.5, 0.6) is 0 Å². The first-order valence-electron chi connectivity index (χ1n) is 13.1. The van der Waals surface area contributed by atoms with Crippen molar-refractivity contribution in [3.05, 3.63) is 117 Å². The molecule has 6 nitrogen and oxygen atoms in total. The minimum Gasteiger partial charge on any atom is -0.322 e. The Kier molecular flexibility index (Phi) is 8.11. The van der Waals surface area contributed by atoms with Crippen LogP contribution in [0.2, 0.25) is 0 Å². The van der Waals surface area contributed by atoms with E-state index < -0.39 is 27.3 Å². The molecule has 0 unspecified atom stereocenters. The number of benzene rings is 3. The minimum absolute atomic E-state index is 0.0655. The number of nitrogens with one attached hydrogen (secondary N) is 2. The van der Waals surface area contributed by atoms with E-state index in [1.807, 2.05) is 18.2 Å². The van der Waals surface area contributed by atoms with Gasteiger partial charge in [-0.3, -0.25) is 9.69 Å². The zero-order valence-corrected chi connectivity index (χ0v) is 22.6. The van der Waals surface area contributed by atoms with E-state index in [1.165, 1.54) is 17.7 Å². The summed E-state index contributed by atoms with van der Waals surface area (Å²) < 4.78 is 68.9. The number of nitrogens with zero attached hydrogens (tertiary/aromatic N) is 1. The molecular weight excluding hydrogens is 539 g/mol. The average molecular weight is 570 g/mol. The molecule has 1 saturated heterocycles. The van der Waals surface area contributed by atoms with Crippen molar-refractivity contribution in [1.29, 1.82) is 0 Å². The Bertz CT molecular complexity index is 1630. The van der Waals surface area contributed by atoms with E-state index in [-0.39, 0.29) is 22.7 Å². The molecule has 5 rings (SSSR count). The lowest BCUT2D eigenvalue weighted by atomic mass is 10.00. The van der Waals surface area contributed by atoms with Gasteiger partial charge in [0.2, 0.25) is 15.6 Å². The lowest BCUT2D eigenvalue weighted by Crippen LogP contribution is -2.44. The SMILES string of the molecule is O=c1cc(C(F)(F)F)c2cc(Cc3ccc(CS(=O)(=O)NC4CCN(Cc5ccccc5)CC4)cc3)ccc2[nH]1. The summed E-state index contributed by atoms with van der Waals surface area (Å²) in [6.45, 7) is 2.51. The van der Waals surface area contributed by atoms with Crippen molar-refractivity contribution in [3.8, 4) is 0 Å². The highest BCUT2D eigenvalue weighted by Crippen LogP contribution is 2.33. The van der Waals surface area contributed by atoms with Gasteiger partial charge in [-0.05, 0) is 53.6 Å². The molecule has 0 amide bonds. The number of H-pyrrole nitrogens is 1. The van der Waals surface area contributed by atoms with Gasteiger partial charge in [0.1, 0.15) is 0 Å². The molecule has 210 valence electrons. The summed E-state index contributed by atoms with van der Waals surface area (Å²) in [5.74, 6) is -0.143. The van der Waals surface area contributed by atoms with Crippen molar-refractivity contribution >= 4 is 20.9 Å². The predicted octanol–water partition coefficient (Wildman–Crippen LogP) is 5.22. The fourth-order valence-corrected chi connectivity index (χ4v) is 6.66. The standard InChI is InChI=1S/C30H30F3N3O3S/c31-30(32,33)27-18-29(37)34-28-11-10-24(17-26(27)28)16-21-6-8-23(9-7-21)20-40(38,39)35-25-12-14-36(15-13-25)19-22-4-2-1-3-5-22/h1-11,17-18,25,35H,12-16,19-20H2,(H,34,37). The van der Waals surface area contributed by atoms with Crippen molar-refractivity contribution < 1.29 is 21.6 Å². The summed E-state index contributed by atoms with van der Waals surface area (Å²) in [5, 5.41) is -0.0655. The highest BCUT2D eigenvalue weighted by molar-refractivity contribution is 7.88. The van der Waals surface area contributed by atoms with Gasteiger partial charge in [-0.1, -0.05) is 60.7 Å². The number of aromatic amines is 1. The number of aromatic nitrogens is 1. The molecule has 1 aliphatic heterocycles. The fourth-order valence-electron chi connectivity index (χ4n) is 5.20. The van der Waals surface area contributed by atoms with Crippen LogP contribution in [-0.2, 0) is 34.9 Å². The first-order chi connectivity index (χ1) is 19.0. The van der Waals surface area contributed by atoms with Crippen molar-refractivity contribution in [1.82, 2.24) is 14.6 Å². The number of rotatable bonds is 8. The number of halogens is 3. The third-order valence-corrected chi connectivity index (χ3v) is 8.59. The van der Waals surface area contributed by atoms with Gasteiger partial charge in [-0.15, -0.1) is 0 Å². The van der Waals surface area contributed by atoms with E-state index in [1.54, 1.807) is 30.3 Å². The van der Waals surface area contributed by atoms with Crippen LogP contribution < -0.4 is 10.3 Å². The lowest BCUT2D eigenvalue weighted by molar-refractivity contribution is -0.136. The van der Waals surface area contributed by atoms with Crippen LogP contribution in [0.15, 0.2) is 83.7 Å². The Morgan fingerprint density at radius 1 is 0.850 bits per heavy atom. The molecule has 0 radical (unpaired) electrons. The minimum atomic E-state index is -4.65. The molecule has 2 heterocycles. The van der Waals surface area contributed by atoms with Crippen molar-refractivity contribution in [3.63, 3.8) is 0 Å². The molecule has 1 fully saturated rings. The largest absolute Gasteiger partial charge is 0.417 e. The smallest absolute Gasteiger partial charge is 0.322 e. The summed E-state index contributed by atoms with van der Waals surface area (Å²) in [6.07, 6.45) is -2.79. The number of sulfonamides is 1. The maximum absolute atomic E-state index is 13.5. The third kappa shape index (κ3) is 7.18. The number of hydrogen-bond acceptors (Lipinski definition) is 4. The van der Waals surface area contributed by atoms with Crippen molar-refractivity contribution in [2.75, 3.05) is 13.1 Å². The van der Waals surface area contributed by atoms with Crippen LogP contribution >= 0.6 is 0 Å². The second kappa shape index (κ2) is 11.6. The van der Waals surface area contributed by atoms with Gasteiger partial charge in [0.15, 0.2) is 0 Å². The van der Waals surface area contributed by atoms with Gasteiger partial charge in [-0.25, -0.2) is 13.1 Å². The third-order valence-electron chi connectivity index (χ3n) is 7.18. The Labute approximate surface area is 230 Å². The zero-order valence-electron chi connectivity index (χ0n) is 21.7. The lowest BCUT2D eigenvalue weighted by Gasteiger charge is -2.32. The Hall–Kier alpha value is -3.47. The highest BCUT2D eigenvalue weighted by atomic mass is 32.2. The van der Waals surface area contributed by atoms with Gasteiger partial charge < -0.3 is 4.98 Å². The summed E-state index contributed by atoms with van der Waals surface area (Å²) in [5.41, 5.74) is 1.70. The van der Waals surface area contributed by atoms with E-state index in [9.17, 15) is 26.4 Å². The van der Waals surface area contributed by atoms with Gasteiger partial charge in [0, 0.05) is 42.6 Å². The molecule has 1 aromatic heterocycles. The van der Waals surface area contributed by atoms with E-state index >= 15 is 0 Å². The van der Waals surface area contributed by atoms with E-state index in [0.717, 1.165) is 38.0 Å².